The van der Waals surface area contributed by atoms with Gasteiger partial charge in [0.2, 0.25) is 20.0 Å². The van der Waals surface area contributed by atoms with Gasteiger partial charge in [0.15, 0.2) is 0 Å². The highest BCUT2D eigenvalue weighted by Crippen LogP contribution is 2.35. The fourth-order valence-corrected chi connectivity index (χ4v) is 8.81. The summed E-state index contributed by atoms with van der Waals surface area (Å²) in [6.45, 7) is 5.87. The van der Waals surface area contributed by atoms with Crippen LogP contribution in [0.3, 0.4) is 0 Å². The van der Waals surface area contributed by atoms with Crippen molar-refractivity contribution in [2.45, 2.75) is 62.2 Å². The highest BCUT2D eigenvalue weighted by Gasteiger charge is 2.34. The molecule has 2 aromatic carbocycles. The molecule has 38 heavy (non-hydrogen) atoms. The quantitative estimate of drug-likeness (QED) is 0.442. The predicted molar refractivity (Wildman–Crippen MR) is 148 cm³/mol. The molecule has 2 heterocycles. The molecule has 0 unspecified atom stereocenters. The maximum Gasteiger partial charge on any atom is 0.246 e. The molecule has 0 radical (unpaired) electrons. The highest BCUT2D eigenvalue weighted by molar-refractivity contribution is 7.89. The second kappa shape index (κ2) is 11.9. The van der Waals surface area contributed by atoms with Gasteiger partial charge in [-0.1, -0.05) is 25.0 Å². The van der Waals surface area contributed by atoms with Crippen molar-refractivity contribution in [2.75, 3.05) is 40.4 Å². The van der Waals surface area contributed by atoms with E-state index in [0.29, 0.717) is 49.5 Å². The van der Waals surface area contributed by atoms with E-state index in [0.717, 1.165) is 49.7 Å². The van der Waals surface area contributed by atoms with Crippen molar-refractivity contribution < 1.29 is 26.3 Å². The number of methoxy groups -OCH3 is 2. The van der Waals surface area contributed by atoms with Crippen LogP contribution < -0.4 is 9.47 Å². The summed E-state index contributed by atoms with van der Waals surface area (Å²) < 4.78 is 66.8. The summed E-state index contributed by atoms with van der Waals surface area (Å²) in [6.07, 6.45) is 5.46. The van der Waals surface area contributed by atoms with Crippen molar-refractivity contribution in [1.29, 1.82) is 0 Å². The van der Waals surface area contributed by atoms with Gasteiger partial charge in [0.25, 0.3) is 0 Å². The van der Waals surface area contributed by atoms with Crippen LogP contribution >= 0.6 is 0 Å². The zero-order valence-corrected chi connectivity index (χ0v) is 24.5. The Kier molecular flexibility index (Phi) is 9.07. The van der Waals surface area contributed by atoms with E-state index in [1.807, 2.05) is 13.8 Å². The summed E-state index contributed by atoms with van der Waals surface area (Å²) in [4.78, 5) is 0.461. The molecule has 2 aromatic rings. The first-order valence-electron chi connectivity index (χ1n) is 13.4. The van der Waals surface area contributed by atoms with Crippen molar-refractivity contribution in [3.63, 3.8) is 0 Å². The summed E-state index contributed by atoms with van der Waals surface area (Å²) in [5.74, 6) is 1.75. The number of hydrogen-bond donors (Lipinski definition) is 0. The molecular formula is C28H40N2O6S2. The molecule has 0 bridgehead atoms. The third kappa shape index (κ3) is 6.19. The standard InChI is InChI=1S/C28H40N2O6S2/c1-21-5-9-27(25(19-21)35-3)37(31,32)29-15-11-23(12-16-29)7-8-24-13-17-30(18-14-24)38(33,34)28-10-6-22(2)20-26(28)36-4/h5-6,9-10,19-20,23-24H,7-8,11-18H2,1-4H3. The minimum Gasteiger partial charge on any atom is -0.495 e. The minimum atomic E-state index is -3.59. The molecule has 0 saturated carbocycles. The van der Waals surface area contributed by atoms with Crippen molar-refractivity contribution >= 4 is 20.0 Å². The summed E-state index contributed by atoms with van der Waals surface area (Å²) in [6, 6.07) is 10.4. The number of aryl methyl sites for hydroxylation is 2. The van der Waals surface area contributed by atoms with Crippen LogP contribution in [0, 0.1) is 25.7 Å². The third-order valence-electron chi connectivity index (χ3n) is 8.00. The van der Waals surface area contributed by atoms with Crippen LogP contribution in [0.4, 0.5) is 0 Å². The number of benzene rings is 2. The van der Waals surface area contributed by atoms with Gasteiger partial charge in [-0.2, -0.15) is 8.61 Å². The van der Waals surface area contributed by atoms with Gasteiger partial charge in [0, 0.05) is 26.2 Å². The summed E-state index contributed by atoms with van der Waals surface area (Å²) in [5.41, 5.74) is 1.91. The van der Waals surface area contributed by atoms with Crippen molar-refractivity contribution in [2.24, 2.45) is 11.8 Å². The zero-order chi connectivity index (χ0) is 27.5. The topological polar surface area (TPSA) is 93.2 Å². The number of ether oxygens (including phenoxy) is 2. The van der Waals surface area contributed by atoms with Gasteiger partial charge >= 0.3 is 0 Å². The Hall–Kier alpha value is -2.14. The fourth-order valence-electron chi connectivity index (χ4n) is 5.60. The van der Waals surface area contributed by atoms with Crippen LogP contribution in [-0.4, -0.2) is 65.8 Å². The molecule has 2 aliphatic rings. The molecule has 4 rings (SSSR count). The van der Waals surface area contributed by atoms with E-state index in [1.165, 1.54) is 14.2 Å². The van der Waals surface area contributed by atoms with Crippen LogP contribution in [0.15, 0.2) is 46.2 Å². The van der Waals surface area contributed by atoms with E-state index in [9.17, 15) is 16.8 Å². The number of piperidine rings is 2. The Bertz CT molecular complexity index is 1220. The number of rotatable bonds is 9. The van der Waals surface area contributed by atoms with Gasteiger partial charge in [-0.15, -0.1) is 0 Å². The van der Waals surface area contributed by atoms with Crippen LogP contribution in [0.1, 0.15) is 49.7 Å². The minimum absolute atomic E-state index is 0.231. The lowest BCUT2D eigenvalue weighted by atomic mass is 9.86. The Labute approximate surface area is 228 Å². The molecule has 0 N–H and O–H groups in total. The summed E-state index contributed by atoms with van der Waals surface area (Å²) >= 11 is 0. The van der Waals surface area contributed by atoms with Gasteiger partial charge in [-0.3, -0.25) is 0 Å². The molecule has 2 aliphatic heterocycles. The Morgan fingerprint density at radius 2 is 1.00 bits per heavy atom. The SMILES string of the molecule is COc1cc(C)ccc1S(=O)(=O)N1CCC(CCC2CCN(S(=O)(=O)c3ccc(C)cc3OC)CC2)CC1. The van der Waals surface area contributed by atoms with Crippen molar-refractivity contribution in [3.8, 4) is 11.5 Å². The smallest absolute Gasteiger partial charge is 0.246 e. The lowest BCUT2D eigenvalue weighted by Crippen LogP contribution is -2.39. The Morgan fingerprint density at radius 1 is 0.658 bits per heavy atom. The maximum absolute atomic E-state index is 13.2. The molecule has 210 valence electrons. The fraction of sp³-hybridized carbons (Fsp3) is 0.571. The predicted octanol–water partition coefficient (Wildman–Crippen LogP) is 4.60. The molecule has 2 fully saturated rings. The second-order valence-electron chi connectivity index (χ2n) is 10.6. The lowest BCUT2D eigenvalue weighted by Gasteiger charge is -2.34. The molecule has 0 aromatic heterocycles. The van der Waals surface area contributed by atoms with Crippen molar-refractivity contribution in [1.82, 2.24) is 8.61 Å². The van der Waals surface area contributed by atoms with Crippen molar-refractivity contribution in [3.05, 3.63) is 47.5 Å². The van der Waals surface area contributed by atoms with Gasteiger partial charge in [-0.25, -0.2) is 16.8 Å². The van der Waals surface area contributed by atoms with E-state index in [1.54, 1.807) is 45.0 Å². The Morgan fingerprint density at radius 3 is 1.32 bits per heavy atom. The van der Waals surface area contributed by atoms with Crippen LogP contribution in [0.5, 0.6) is 11.5 Å². The zero-order valence-electron chi connectivity index (χ0n) is 22.9. The molecule has 2 saturated heterocycles. The number of hydrogen-bond acceptors (Lipinski definition) is 6. The van der Waals surface area contributed by atoms with Gasteiger partial charge in [0.1, 0.15) is 21.3 Å². The first-order chi connectivity index (χ1) is 18.1. The van der Waals surface area contributed by atoms with E-state index in [-0.39, 0.29) is 9.79 Å². The highest BCUT2D eigenvalue weighted by atomic mass is 32.2. The summed E-state index contributed by atoms with van der Waals surface area (Å²) in [7, 11) is -4.19. The lowest BCUT2D eigenvalue weighted by molar-refractivity contribution is 0.219. The first kappa shape index (κ1) is 28.9. The van der Waals surface area contributed by atoms with Gasteiger partial charge in [-0.05, 0) is 86.8 Å². The molecule has 10 heteroatoms. The van der Waals surface area contributed by atoms with Crippen LogP contribution in [0.2, 0.25) is 0 Å². The Balaban J connectivity index is 1.27. The largest absolute Gasteiger partial charge is 0.495 e. The van der Waals surface area contributed by atoms with Gasteiger partial charge < -0.3 is 9.47 Å². The number of sulfonamides is 2. The second-order valence-corrected chi connectivity index (χ2v) is 14.4. The molecule has 0 aliphatic carbocycles. The molecular weight excluding hydrogens is 524 g/mol. The van der Waals surface area contributed by atoms with E-state index in [4.69, 9.17) is 9.47 Å². The number of nitrogens with zero attached hydrogens (tertiary/aromatic N) is 2. The molecule has 8 nitrogen and oxygen atoms in total. The van der Waals surface area contributed by atoms with E-state index in [2.05, 4.69) is 0 Å². The van der Waals surface area contributed by atoms with E-state index < -0.39 is 20.0 Å². The van der Waals surface area contributed by atoms with Gasteiger partial charge in [0.05, 0.1) is 14.2 Å². The average molecular weight is 565 g/mol. The van der Waals surface area contributed by atoms with E-state index >= 15 is 0 Å². The first-order valence-corrected chi connectivity index (χ1v) is 16.2. The van der Waals surface area contributed by atoms with Crippen LogP contribution in [-0.2, 0) is 20.0 Å². The molecule has 0 atom stereocenters. The normalized spacial score (nSPS) is 18.9. The monoisotopic (exact) mass is 564 g/mol. The maximum atomic E-state index is 13.2. The molecule has 0 amide bonds. The third-order valence-corrected chi connectivity index (χ3v) is 11.9. The van der Waals surface area contributed by atoms with Crippen LogP contribution in [0.25, 0.3) is 0 Å². The molecule has 0 spiro atoms. The summed E-state index contributed by atoms with van der Waals surface area (Å²) in [5, 5.41) is 0. The average Bonchev–Trinajstić information content (AvgIpc) is 2.91.